The summed E-state index contributed by atoms with van der Waals surface area (Å²) in [5.74, 6) is -1.12. The number of Topliss-reactive ketones (excluding diaryl/α,β-unsaturated/α-hetero) is 1. The predicted molar refractivity (Wildman–Crippen MR) is 145 cm³/mol. The van der Waals surface area contributed by atoms with Crippen molar-refractivity contribution >= 4 is 11.9 Å². The lowest BCUT2D eigenvalue weighted by Crippen LogP contribution is -2.26. The van der Waals surface area contributed by atoms with E-state index < -0.39 is 23.4 Å². The van der Waals surface area contributed by atoms with E-state index in [9.17, 15) is 19.5 Å². The van der Waals surface area contributed by atoms with E-state index in [-0.39, 0.29) is 23.1 Å². The van der Waals surface area contributed by atoms with Gasteiger partial charge in [0.2, 0.25) is 0 Å². The molecule has 0 bridgehead atoms. The summed E-state index contributed by atoms with van der Waals surface area (Å²) in [5, 5.41) is 13.0. The number of nitrogens with one attached hydrogen (secondary N) is 1. The van der Waals surface area contributed by atoms with Crippen LogP contribution in [0.2, 0.25) is 0 Å². The number of benzene rings is 1. The van der Waals surface area contributed by atoms with Gasteiger partial charge in [-0.3, -0.25) is 10.1 Å². The van der Waals surface area contributed by atoms with Gasteiger partial charge in [0.1, 0.15) is 17.1 Å². The van der Waals surface area contributed by atoms with Gasteiger partial charge in [-0.05, 0) is 61.6 Å². The van der Waals surface area contributed by atoms with E-state index in [1.165, 1.54) is 36.1 Å². The minimum atomic E-state index is -0.815. The molecule has 0 fully saturated rings. The van der Waals surface area contributed by atoms with E-state index in [0.717, 1.165) is 19.3 Å². The summed E-state index contributed by atoms with van der Waals surface area (Å²) in [6.07, 6.45) is 7.98. The molecule has 0 aliphatic rings. The third kappa shape index (κ3) is 8.62. The molecule has 1 heterocycles. The first-order chi connectivity index (χ1) is 17.6. The van der Waals surface area contributed by atoms with Crippen molar-refractivity contribution in [2.45, 2.75) is 79.1 Å². The zero-order valence-electron chi connectivity index (χ0n) is 22.9. The lowest BCUT2D eigenvalue weighted by atomic mass is 9.83. The van der Waals surface area contributed by atoms with Crippen LogP contribution in [0.15, 0.2) is 45.8 Å². The number of aryl methyl sites for hydroxylation is 2. The Morgan fingerprint density at radius 2 is 1.92 bits per heavy atom. The Balaban J connectivity index is 2.06. The quantitative estimate of drug-likeness (QED) is 0.300. The zero-order valence-corrected chi connectivity index (χ0v) is 22.9. The SMILES string of the molecule is CCCCc1ccc(C[C@H](C)C(C)C(=O)c2c(O)cc(C(C)CC/C=C/NC(=O)OC)oc2=O)c(C)c1. The molecule has 0 radical (unpaired) electrons. The van der Waals surface area contributed by atoms with Crippen molar-refractivity contribution < 1.29 is 23.8 Å². The number of carbonyl (C=O) groups excluding carboxylic acids is 2. The molecule has 7 heteroatoms. The Kier molecular flexibility index (Phi) is 11.6. The van der Waals surface area contributed by atoms with E-state index >= 15 is 0 Å². The molecule has 2 unspecified atom stereocenters. The highest BCUT2D eigenvalue weighted by Crippen LogP contribution is 2.29. The number of unbranched alkanes of at least 4 members (excludes halogenated alkanes) is 1. The second-order valence-electron chi connectivity index (χ2n) is 9.91. The van der Waals surface area contributed by atoms with Gasteiger partial charge >= 0.3 is 11.7 Å². The Morgan fingerprint density at radius 1 is 1.19 bits per heavy atom. The highest BCUT2D eigenvalue weighted by molar-refractivity contribution is 5.99. The van der Waals surface area contributed by atoms with Gasteiger partial charge in [0.05, 0.1) is 7.11 Å². The van der Waals surface area contributed by atoms with Crippen molar-refractivity contribution in [3.63, 3.8) is 0 Å². The first-order valence-electron chi connectivity index (χ1n) is 13.1. The first-order valence-corrected chi connectivity index (χ1v) is 13.1. The average molecular weight is 512 g/mol. The third-order valence-electron chi connectivity index (χ3n) is 6.99. The summed E-state index contributed by atoms with van der Waals surface area (Å²) < 4.78 is 9.93. The first kappa shape index (κ1) is 29.9. The molecule has 1 amide bonds. The monoisotopic (exact) mass is 511 g/mol. The van der Waals surface area contributed by atoms with Crippen LogP contribution < -0.4 is 10.9 Å². The number of ether oxygens (including phenoxy) is 1. The second-order valence-corrected chi connectivity index (χ2v) is 9.91. The van der Waals surface area contributed by atoms with Crippen molar-refractivity contribution in [3.8, 4) is 5.75 Å². The Labute approximate surface area is 219 Å². The van der Waals surface area contributed by atoms with E-state index in [0.29, 0.717) is 25.0 Å². The molecule has 2 rings (SSSR count). The van der Waals surface area contributed by atoms with Crippen LogP contribution in [0.1, 0.15) is 92.1 Å². The highest BCUT2D eigenvalue weighted by Gasteiger charge is 2.28. The van der Waals surface area contributed by atoms with Crippen molar-refractivity contribution in [1.82, 2.24) is 5.32 Å². The van der Waals surface area contributed by atoms with Gasteiger partial charge in [0.25, 0.3) is 0 Å². The van der Waals surface area contributed by atoms with Gasteiger partial charge in [0, 0.05) is 24.1 Å². The van der Waals surface area contributed by atoms with Gasteiger partial charge in [-0.2, -0.15) is 0 Å². The van der Waals surface area contributed by atoms with E-state index in [1.807, 2.05) is 13.8 Å². The van der Waals surface area contributed by atoms with Crippen LogP contribution in [0, 0.1) is 18.8 Å². The average Bonchev–Trinajstić information content (AvgIpc) is 2.87. The molecule has 1 aromatic heterocycles. The summed E-state index contributed by atoms with van der Waals surface area (Å²) in [4.78, 5) is 37.0. The molecule has 37 heavy (non-hydrogen) atoms. The molecule has 0 spiro atoms. The lowest BCUT2D eigenvalue weighted by Gasteiger charge is -2.20. The molecule has 7 nitrogen and oxygen atoms in total. The number of amides is 1. The molecule has 1 aromatic carbocycles. The van der Waals surface area contributed by atoms with E-state index in [4.69, 9.17) is 4.42 Å². The molecule has 0 saturated heterocycles. The van der Waals surface area contributed by atoms with Crippen molar-refractivity contribution in [3.05, 3.63) is 75.0 Å². The minimum absolute atomic E-state index is 0.0320. The largest absolute Gasteiger partial charge is 0.507 e. The predicted octanol–water partition coefficient (Wildman–Crippen LogP) is 6.45. The molecule has 0 saturated carbocycles. The van der Waals surface area contributed by atoms with Gasteiger partial charge in [-0.1, -0.05) is 58.4 Å². The number of hydrogen-bond acceptors (Lipinski definition) is 6. The number of allylic oxidation sites excluding steroid dienone is 1. The minimum Gasteiger partial charge on any atom is -0.507 e. The molecule has 3 atom stereocenters. The molecular formula is C30H41NO6. The number of hydrogen-bond donors (Lipinski definition) is 2. The van der Waals surface area contributed by atoms with E-state index in [2.05, 4.69) is 42.1 Å². The van der Waals surface area contributed by atoms with E-state index in [1.54, 1.807) is 13.0 Å². The Bertz CT molecular complexity index is 1150. The fourth-order valence-corrected chi connectivity index (χ4v) is 4.26. The fraction of sp³-hybridized carbons (Fsp3) is 0.500. The summed E-state index contributed by atoms with van der Waals surface area (Å²) >= 11 is 0. The van der Waals surface area contributed by atoms with Crippen LogP contribution in [-0.2, 0) is 17.6 Å². The topological polar surface area (TPSA) is 106 Å². The summed E-state index contributed by atoms with van der Waals surface area (Å²) in [5.41, 5.74) is 2.61. The van der Waals surface area contributed by atoms with Crippen LogP contribution in [0.5, 0.6) is 5.75 Å². The lowest BCUT2D eigenvalue weighted by molar-refractivity contribution is 0.0885. The normalized spacial score (nSPS) is 13.8. The molecular weight excluding hydrogens is 470 g/mol. The number of alkyl carbamates (subject to hydrolysis) is 1. The molecule has 202 valence electrons. The standard InChI is InChI=1S/C30H41NO6/c1-7-8-12-23-13-14-24(21(4)16-23)17-20(3)22(5)28(33)27-25(32)18-26(37-29(27)34)19(2)11-9-10-15-31-30(35)36-6/h10,13-16,18-20,22,32H,7-9,11-12,17H2,1-6H3,(H,31,35)/b15-10+/t19?,20-,22?/m0/s1. The number of rotatable bonds is 13. The maximum atomic E-state index is 13.2. The number of methoxy groups -OCH3 is 1. The maximum Gasteiger partial charge on any atom is 0.410 e. The van der Waals surface area contributed by atoms with Gasteiger partial charge < -0.3 is 14.3 Å². The van der Waals surface area contributed by atoms with Crippen molar-refractivity contribution in [2.75, 3.05) is 7.11 Å². The Morgan fingerprint density at radius 3 is 2.54 bits per heavy atom. The van der Waals surface area contributed by atoms with Gasteiger partial charge in [0.15, 0.2) is 5.78 Å². The second kappa shape index (κ2) is 14.4. The van der Waals surface area contributed by atoms with Gasteiger partial charge in [-0.25, -0.2) is 9.59 Å². The van der Waals surface area contributed by atoms with Crippen LogP contribution in [0.25, 0.3) is 0 Å². The number of carbonyl (C=O) groups is 2. The smallest absolute Gasteiger partial charge is 0.410 e. The summed E-state index contributed by atoms with van der Waals surface area (Å²) in [7, 11) is 1.28. The molecule has 0 aliphatic heterocycles. The third-order valence-corrected chi connectivity index (χ3v) is 6.99. The molecule has 0 aliphatic carbocycles. The van der Waals surface area contributed by atoms with Crippen LogP contribution in [0.3, 0.4) is 0 Å². The van der Waals surface area contributed by atoms with Crippen molar-refractivity contribution in [1.29, 1.82) is 0 Å². The highest BCUT2D eigenvalue weighted by atomic mass is 16.5. The number of ketones is 1. The summed E-state index contributed by atoms with van der Waals surface area (Å²) in [6, 6.07) is 7.88. The fourth-order valence-electron chi connectivity index (χ4n) is 4.26. The molecule has 2 aromatic rings. The van der Waals surface area contributed by atoms with Crippen molar-refractivity contribution in [2.24, 2.45) is 11.8 Å². The van der Waals surface area contributed by atoms with Gasteiger partial charge in [-0.15, -0.1) is 0 Å². The maximum absolute atomic E-state index is 13.2. The van der Waals surface area contributed by atoms with Crippen LogP contribution in [-0.4, -0.2) is 24.1 Å². The molecule has 2 N–H and O–H groups in total. The number of aromatic hydroxyl groups is 1. The zero-order chi connectivity index (χ0) is 27.5. The summed E-state index contributed by atoms with van der Waals surface area (Å²) in [6.45, 7) is 9.92. The Hall–Kier alpha value is -3.35. The van der Waals surface area contributed by atoms with Crippen LogP contribution >= 0.6 is 0 Å². The van der Waals surface area contributed by atoms with Crippen LogP contribution in [0.4, 0.5) is 4.79 Å².